The smallest absolute Gasteiger partial charge is 0.246 e. The van der Waals surface area contributed by atoms with E-state index in [2.05, 4.69) is 6.07 Å². The van der Waals surface area contributed by atoms with E-state index >= 15 is 0 Å². The summed E-state index contributed by atoms with van der Waals surface area (Å²) >= 11 is 0. The molecular formula is C14H18N2O2. The fraction of sp³-hybridized carbons (Fsp3) is 0.500. The molecule has 1 atom stereocenters. The standard InChI is InChI=1S/C14H18N2O2/c1-18-8-11(15)13(17)16-9-14(6-7-14)10-4-2-3-5-12(10)16/h2-5,11H,6-9,15H2,1H3. The van der Waals surface area contributed by atoms with Crippen LogP contribution >= 0.6 is 0 Å². The van der Waals surface area contributed by atoms with Gasteiger partial charge in [-0.15, -0.1) is 0 Å². The van der Waals surface area contributed by atoms with Gasteiger partial charge in [0, 0.05) is 24.8 Å². The van der Waals surface area contributed by atoms with Gasteiger partial charge < -0.3 is 15.4 Å². The van der Waals surface area contributed by atoms with Gasteiger partial charge in [-0.05, 0) is 24.5 Å². The molecule has 1 aromatic rings. The van der Waals surface area contributed by atoms with Crippen LogP contribution in [0.15, 0.2) is 24.3 Å². The molecule has 1 saturated carbocycles. The van der Waals surface area contributed by atoms with Crippen LogP contribution < -0.4 is 10.6 Å². The van der Waals surface area contributed by atoms with E-state index in [0.717, 1.165) is 12.2 Å². The number of ether oxygens (including phenoxy) is 1. The van der Waals surface area contributed by atoms with Crippen LogP contribution in [0, 0.1) is 0 Å². The first-order chi connectivity index (χ1) is 8.68. The molecule has 1 aromatic carbocycles. The van der Waals surface area contributed by atoms with Crippen molar-refractivity contribution in [1.82, 2.24) is 0 Å². The Labute approximate surface area is 107 Å². The number of carbonyl (C=O) groups is 1. The minimum atomic E-state index is -0.572. The summed E-state index contributed by atoms with van der Waals surface area (Å²) in [7, 11) is 1.56. The summed E-state index contributed by atoms with van der Waals surface area (Å²) in [4.78, 5) is 14.2. The Kier molecular flexibility index (Phi) is 2.64. The van der Waals surface area contributed by atoms with Gasteiger partial charge in [0.05, 0.1) is 6.61 Å². The first-order valence-electron chi connectivity index (χ1n) is 6.33. The highest BCUT2D eigenvalue weighted by atomic mass is 16.5. The van der Waals surface area contributed by atoms with Gasteiger partial charge in [-0.3, -0.25) is 4.79 Å². The molecule has 2 N–H and O–H groups in total. The molecule has 4 nitrogen and oxygen atoms in total. The number of hydrogen-bond donors (Lipinski definition) is 1. The SMILES string of the molecule is COCC(N)C(=O)N1CC2(CC2)c2ccccc21. The third-order valence-electron chi connectivity index (χ3n) is 4.01. The van der Waals surface area contributed by atoms with E-state index in [9.17, 15) is 4.79 Å². The van der Waals surface area contributed by atoms with Gasteiger partial charge in [0.2, 0.25) is 5.91 Å². The Bertz CT molecular complexity index is 482. The molecule has 1 spiro atoms. The van der Waals surface area contributed by atoms with Crippen LogP contribution in [-0.2, 0) is 14.9 Å². The zero-order valence-corrected chi connectivity index (χ0v) is 10.6. The summed E-state index contributed by atoms with van der Waals surface area (Å²) in [6.45, 7) is 1.05. The number of para-hydroxylation sites is 1. The predicted molar refractivity (Wildman–Crippen MR) is 69.6 cm³/mol. The van der Waals surface area contributed by atoms with Crippen LogP contribution in [0.2, 0.25) is 0 Å². The highest BCUT2D eigenvalue weighted by Gasteiger charge is 2.53. The van der Waals surface area contributed by atoms with Gasteiger partial charge in [-0.1, -0.05) is 18.2 Å². The van der Waals surface area contributed by atoms with E-state index < -0.39 is 6.04 Å². The molecule has 0 saturated heterocycles. The average Bonchev–Trinajstić information content (AvgIpc) is 3.08. The average molecular weight is 246 g/mol. The van der Waals surface area contributed by atoms with Crippen molar-refractivity contribution in [3.05, 3.63) is 29.8 Å². The first kappa shape index (κ1) is 11.7. The molecule has 3 rings (SSSR count). The highest BCUT2D eigenvalue weighted by Crippen LogP contribution is 2.56. The lowest BCUT2D eigenvalue weighted by Gasteiger charge is -2.21. The van der Waals surface area contributed by atoms with E-state index in [1.54, 1.807) is 7.11 Å². The Balaban J connectivity index is 1.89. The van der Waals surface area contributed by atoms with E-state index in [1.165, 1.54) is 18.4 Å². The van der Waals surface area contributed by atoms with Gasteiger partial charge in [0.1, 0.15) is 6.04 Å². The van der Waals surface area contributed by atoms with Crippen molar-refractivity contribution in [2.45, 2.75) is 24.3 Å². The molecule has 1 aliphatic carbocycles. The predicted octanol–water partition coefficient (Wildman–Crippen LogP) is 1.04. The zero-order valence-electron chi connectivity index (χ0n) is 10.6. The van der Waals surface area contributed by atoms with Crippen molar-refractivity contribution >= 4 is 11.6 Å². The fourth-order valence-corrected chi connectivity index (χ4v) is 2.86. The number of methoxy groups -OCH3 is 1. The number of nitrogens with zero attached hydrogens (tertiary/aromatic N) is 1. The largest absolute Gasteiger partial charge is 0.383 e. The molecule has 1 unspecified atom stereocenters. The Morgan fingerprint density at radius 2 is 2.22 bits per heavy atom. The molecule has 96 valence electrons. The van der Waals surface area contributed by atoms with Crippen molar-refractivity contribution < 1.29 is 9.53 Å². The molecule has 1 heterocycles. The van der Waals surface area contributed by atoms with Crippen LogP contribution in [0.4, 0.5) is 5.69 Å². The number of anilines is 1. The monoisotopic (exact) mass is 246 g/mol. The summed E-state index contributed by atoms with van der Waals surface area (Å²) < 4.78 is 4.97. The third-order valence-corrected chi connectivity index (χ3v) is 4.01. The Morgan fingerprint density at radius 3 is 2.89 bits per heavy atom. The second-order valence-corrected chi connectivity index (χ2v) is 5.28. The first-order valence-corrected chi connectivity index (χ1v) is 6.33. The maximum Gasteiger partial charge on any atom is 0.246 e. The quantitative estimate of drug-likeness (QED) is 0.867. The topological polar surface area (TPSA) is 55.6 Å². The summed E-state index contributed by atoms with van der Waals surface area (Å²) in [6.07, 6.45) is 2.35. The van der Waals surface area contributed by atoms with Crippen LogP contribution in [0.5, 0.6) is 0 Å². The number of rotatable bonds is 3. The van der Waals surface area contributed by atoms with Crippen molar-refractivity contribution in [1.29, 1.82) is 0 Å². The maximum absolute atomic E-state index is 12.3. The van der Waals surface area contributed by atoms with E-state index in [1.807, 2.05) is 23.1 Å². The van der Waals surface area contributed by atoms with Crippen LogP contribution in [-0.4, -0.2) is 32.2 Å². The number of amides is 1. The van der Waals surface area contributed by atoms with E-state index in [4.69, 9.17) is 10.5 Å². The van der Waals surface area contributed by atoms with Crippen LogP contribution in [0.1, 0.15) is 18.4 Å². The number of benzene rings is 1. The number of nitrogens with two attached hydrogens (primary N) is 1. The van der Waals surface area contributed by atoms with Gasteiger partial charge in [0.25, 0.3) is 0 Å². The summed E-state index contributed by atoms with van der Waals surface area (Å²) in [5.74, 6) is -0.0342. The number of carbonyl (C=O) groups excluding carboxylic acids is 1. The molecule has 0 radical (unpaired) electrons. The molecule has 1 fully saturated rings. The molecule has 18 heavy (non-hydrogen) atoms. The molecule has 1 aliphatic heterocycles. The van der Waals surface area contributed by atoms with Crippen molar-refractivity contribution in [2.75, 3.05) is 25.2 Å². The number of fused-ring (bicyclic) bond motifs is 2. The molecular weight excluding hydrogens is 228 g/mol. The van der Waals surface area contributed by atoms with Crippen LogP contribution in [0.25, 0.3) is 0 Å². The number of hydrogen-bond acceptors (Lipinski definition) is 3. The summed E-state index contributed by atoms with van der Waals surface area (Å²) in [5, 5.41) is 0. The lowest BCUT2D eigenvalue weighted by Crippen LogP contribution is -2.46. The molecule has 4 heteroatoms. The van der Waals surface area contributed by atoms with Crippen molar-refractivity contribution in [2.24, 2.45) is 5.73 Å². The van der Waals surface area contributed by atoms with Gasteiger partial charge in [-0.2, -0.15) is 0 Å². The van der Waals surface area contributed by atoms with E-state index in [0.29, 0.717) is 0 Å². The Morgan fingerprint density at radius 1 is 1.50 bits per heavy atom. The molecule has 1 amide bonds. The normalized spacial score (nSPS) is 20.9. The minimum absolute atomic E-state index is 0.0342. The van der Waals surface area contributed by atoms with Crippen molar-refractivity contribution in [3.63, 3.8) is 0 Å². The Hall–Kier alpha value is -1.39. The second kappa shape index (κ2) is 4.07. The third kappa shape index (κ3) is 1.64. The van der Waals surface area contributed by atoms with E-state index in [-0.39, 0.29) is 17.9 Å². The summed E-state index contributed by atoms with van der Waals surface area (Å²) in [6, 6.07) is 7.60. The molecule has 0 bridgehead atoms. The minimum Gasteiger partial charge on any atom is -0.383 e. The molecule has 0 aromatic heterocycles. The van der Waals surface area contributed by atoms with Gasteiger partial charge in [-0.25, -0.2) is 0 Å². The van der Waals surface area contributed by atoms with Crippen LogP contribution in [0.3, 0.4) is 0 Å². The zero-order chi connectivity index (χ0) is 12.8. The fourth-order valence-electron chi connectivity index (χ4n) is 2.86. The summed E-state index contributed by atoms with van der Waals surface area (Å²) in [5.41, 5.74) is 8.42. The lowest BCUT2D eigenvalue weighted by atomic mass is 9.99. The van der Waals surface area contributed by atoms with Gasteiger partial charge >= 0.3 is 0 Å². The maximum atomic E-state index is 12.3. The molecule has 2 aliphatic rings. The van der Waals surface area contributed by atoms with Crippen molar-refractivity contribution in [3.8, 4) is 0 Å². The van der Waals surface area contributed by atoms with Gasteiger partial charge in [0.15, 0.2) is 0 Å². The highest BCUT2D eigenvalue weighted by molar-refractivity contribution is 6.00. The lowest BCUT2D eigenvalue weighted by molar-refractivity contribution is -0.120. The second-order valence-electron chi connectivity index (χ2n) is 5.28.